The number of carbonyl (C=O) groups excluding carboxylic acids is 1. The maximum atomic E-state index is 15.2. The quantitative estimate of drug-likeness (QED) is 0.253. The highest BCUT2D eigenvalue weighted by molar-refractivity contribution is 6.02. The second-order valence-corrected chi connectivity index (χ2v) is 12.1. The zero-order chi connectivity index (χ0) is 30.1. The molecule has 1 spiro atoms. The number of hydrogen-bond donors (Lipinski definition) is 3. The number of hydrogen-bond acceptors (Lipinski definition) is 6. The first-order valence-electron chi connectivity index (χ1n) is 14.1. The molecule has 9 nitrogen and oxygen atoms in total. The average Bonchev–Trinajstić information content (AvgIpc) is 3.68. The Bertz CT molecular complexity index is 1730. The lowest BCUT2D eigenvalue weighted by Gasteiger charge is -2.59. The van der Waals surface area contributed by atoms with Crippen LogP contribution in [0.25, 0.3) is 22.2 Å². The summed E-state index contributed by atoms with van der Waals surface area (Å²) in [5.41, 5.74) is 7.39. The first-order valence-corrected chi connectivity index (χ1v) is 14.1. The Balaban J connectivity index is 1.05. The third-order valence-corrected chi connectivity index (χ3v) is 8.50. The van der Waals surface area contributed by atoms with Crippen LogP contribution in [0.3, 0.4) is 0 Å². The van der Waals surface area contributed by atoms with Gasteiger partial charge in [-0.15, -0.1) is 0 Å². The van der Waals surface area contributed by atoms with Gasteiger partial charge in [-0.1, -0.05) is 12.1 Å². The van der Waals surface area contributed by atoms with E-state index >= 15 is 4.39 Å². The van der Waals surface area contributed by atoms with Crippen LogP contribution in [0.1, 0.15) is 30.0 Å². The van der Waals surface area contributed by atoms with Crippen molar-refractivity contribution in [1.29, 1.82) is 0 Å². The Morgan fingerprint density at radius 2 is 1.84 bits per heavy atom. The Kier molecular flexibility index (Phi) is 6.36. The number of anilines is 3. The van der Waals surface area contributed by atoms with E-state index < -0.39 is 23.6 Å². The number of alkyl halides is 3. The van der Waals surface area contributed by atoms with Crippen LogP contribution in [0, 0.1) is 11.2 Å². The summed E-state index contributed by atoms with van der Waals surface area (Å²) in [6, 6.07) is 7.48. The normalized spacial score (nSPS) is 18.4. The molecule has 1 aliphatic carbocycles. The van der Waals surface area contributed by atoms with Gasteiger partial charge in [-0.2, -0.15) is 13.2 Å². The number of nitrogens with one attached hydrogen (secondary N) is 2. The molecule has 7 rings (SSSR count). The van der Waals surface area contributed by atoms with Crippen LogP contribution in [0.5, 0.6) is 0 Å². The third kappa shape index (κ3) is 5.16. The monoisotopic (exact) mass is 594 g/mol. The van der Waals surface area contributed by atoms with Gasteiger partial charge in [0.2, 0.25) is 0 Å². The molecule has 224 valence electrons. The van der Waals surface area contributed by atoms with Gasteiger partial charge in [-0.25, -0.2) is 19.2 Å². The predicted molar refractivity (Wildman–Crippen MR) is 155 cm³/mol. The van der Waals surface area contributed by atoms with E-state index in [9.17, 15) is 18.0 Å². The fourth-order valence-electron chi connectivity index (χ4n) is 6.64. The molecule has 4 N–H and O–H groups in total. The molecule has 2 saturated heterocycles. The molecule has 0 bridgehead atoms. The second-order valence-electron chi connectivity index (χ2n) is 12.1. The SMILES string of the molecule is CN1CC2(C1)CN(Cc1ccc(NC(=O)Nc3ccc(-c4cn(C5CC5)c5ncnc(N)c45)cc3F)cc1C(F)(F)F)C2. The number of nitrogen functional groups attached to an aromatic ring is 1. The highest BCUT2D eigenvalue weighted by Gasteiger charge is 2.50. The molecule has 3 aliphatic rings. The number of rotatable bonds is 6. The van der Waals surface area contributed by atoms with Gasteiger partial charge in [-0.05, 0) is 55.3 Å². The molecule has 2 aromatic carbocycles. The summed E-state index contributed by atoms with van der Waals surface area (Å²) < 4.78 is 59.0. The highest BCUT2D eigenvalue weighted by atomic mass is 19.4. The van der Waals surface area contributed by atoms with E-state index in [4.69, 9.17) is 5.73 Å². The molecule has 2 amide bonds. The van der Waals surface area contributed by atoms with Crippen LogP contribution < -0.4 is 16.4 Å². The third-order valence-electron chi connectivity index (χ3n) is 8.50. The van der Waals surface area contributed by atoms with E-state index in [-0.39, 0.29) is 34.7 Å². The maximum absolute atomic E-state index is 15.2. The molecular formula is C30H30F4N8O. The van der Waals surface area contributed by atoms with Crippen molar-refractivity contribution in [3.8, 4) is 11.1 Å². The van der Waals surface area contributed by atoms with Crippen molar-refractivity contribution in [2.75, 3.05) is 49.6 Å². The number of nitrogens with zero attached hydrogens (tertiary/aromatic N) is 5. The largest absolute Gasteiger partial charge is 0.416 e. The number of urea groups is 1. The average molecular weight is 595 g/mol. The molecule has 0 radical (unpaired) electrons. The van der Waals surface area contributed by atoms with E-state index in [0.717, 1.165) is 45.1 Å². The Morgan fingerprint density at radius 3 is 2.51 bits per heavy atom. The summed E-state index contributed by atoms with van der Waals surface area (Å²) in [6.45, 7) is 3.65. The van der Waals surface area contributed by atoms with E-state index in [1.54, 1.807) is 6.07 Å². The summed E-state index contributed by atoms with van der Waals surface area (Å²) in [6.07, 6.45) is 0.720. The van der Waals surface area contributed by atoms with Crippen molar-refractivity contribution in [3.05, 3.63) is 65.9 Å². The molecule has 1 saturated carbocycles. The molecule has 2 aliphatic heterocycles. The molecule has 0 unspecified atom stereocenters. The van der Waals surface area contributed by atoms with Crippen LogP contribution in [-0.4, -0.2) is 63.6 Å². The molecular weight excluding hydrogens is 564 g/mol. The number of aromatic nitrogens is 3. The zero-order valence-corrected chi connectivity index (χ0v) is 23.4. The van der Waals surface area contributed by atoms with E-state index in [1.165, 1.54) is 30.6 Å². The Morgan fingerprint density at radius 1 is 1.07 bits per heavy atom. The molecule has 2 aromatic heterocycles. The fourth-order valence-corrected chi connectivity index (χ4v) is 6.64. The van der Waals surface area contributed by atoms with Gasteiger partial charge in [-0.3, -0.25) is 4.90 Å². The highest BCUT2D eigenvalue weighted by Crippen LogP contribution is 2.43. The first-order chi connectivity index (χ1) is 20.5. The molecule has 0 atom stereocenters. The number of halogens is 4. The van der Waals surface area contributed by atoms with Crippen molar-refractivity contribution >= 4 is 34.3 Å². The van der Waals surface area contributed by atoms with Crippen molar-refractivity contribution in [2.24, 2.45) is 5.41 Å². The van der Waals surface area contributed by atoms with Gasteiger partial charge in [0.15, 0.2) is 0 Å². The van der Waals surface area contributed by atoms with Crippen molar-refractivity contribution in [3.63, 3.8) is 0 Å². The number of fused-ring (bicyclic) bond motifs is 1. The minimum absolute atomic E-state index is 0.0466. The smallest absolute Gasteiger partial charge is 0.383 e. The molecule has 43 heavy (non-hydrogen) atoms. The van der Waals surface area contributed by atoms with Crippen LogP contribution >= 0.6 is 0 Å². The number of benzene rings is 2. The van der Waals surface area contributed by atoms with Crippen LogP contribution in [0.15, 0.2) is 48.9 Å². The predicted octanol–water partition coefficient (Wildman–Crippen LogP) is 5.56. The maximum Gasteiger partial charge on any atom is 0.416 e. The molecule has 4 heterocycles. The van der Waals surface area contributed by atoms with Crippen molar-refractivity contribution in [1.82, 2.24) is 24.3 Å². The summed E-state index contributed by atoms with van der Waals surface area (Å²) in [5.74, 6) is -0.433. The van der Waals surface area contributed by atoms with Crippen LogP contribution in [0.4, 0.5) is 39.5 Å². The minimum Gasteiger partial charge on any atom is -0.383 e. The van der Waals surface area contributed by atoms with E-state index in [2.05, 4.69) is 25.5 Å². The van der Waals surface area contributed by atoms with Crippen LogP contribution in [-0.2, 0) is 12.7 Å². The molecule has 13 heteroatoms. The first kappa shape index (κ1) is 27.6. The van der Waals surface area contributed by atoms with E-state index in [1.807, 2.05) is 22.7 Å². The fraction of sp³-hybridized carbons (Fsp3) is 0.367. The molecule has 4 aromatic rings. The number of likely N-dealkylation sites (tertiary alicyclic amines) is 2. The lowest BCUT2D eigenvalue weighted by molar-refractivity contribution is -0.139. The second kappa shape index (κ2) is 9.91. The van der Waals surface area contributed by atoms with Crippen molar-refractivity contribution < 1.29 is 22.4 Å². The summed E-state index contributed by atoms with van der Waals surface area (Å²) in [7, 11) is 2.03. The summed E-state index contributed by atoms with van der Waals surface area (Å²) >= 11 is 0. The minimum atomic E-state index is -4.60. The van der Waals surface area contributed by atoms with Crippen LogP contribution in [0.2, 0.25) is 0 Å². The van der Waals surface area contributed by atoms with E-state index in [0.29, 0.717) is 28.2 Å². The summed E-state index contributed by atoms with van der Waals surface area (Å²) in [5, 5.41) is 5.42. The lowest BCUT2D eigenvalue weighted by Crippen LogP contribution is -2.70. The van der Waals surface area contributed by atoms with Gasteiger partial charge >= 0.3 is 12.2 Å². The zero-order valence-electron chi connectivity index (χ0n) is 23.4. The standard InChI is InChI=1S/C30H30F4N8O/c1-40-12-29(13-40)14-41(15-29)10-18-2-4-19(9-22(18)30(32,33)34)38-28(43)39-24-7-3-17(8-23(24)31)21-11-42(20-5-6-20)27-25(21)26(35)36-16-37-27/h2-4,7-9,11,16,20H,5-6,10,12-15H2,1H3,(H2,35,36,37)(H2,38,39,43). The van der Waals surface area contributed by atoms with Crippen molar-refractivity contribution in [2.45, 2.75) is 31.6 Å². The number of nitrogens with two attached hydrogens (primary N) is 1. The number of amides is 2. The van der Waals surface area contributed by atoms with Gasteiger partial charge in [0.1, 0.15) is 23.6 Å². The topological polar surface area (TPSA) is 104 Å². The summed E-state index contributed by atoms with van der Waals surface area (Å²) in [4.78, 5) is 25.4. The van der Waals surface area contributed by atoms with Gasteiger partial charge in [0.25, 0.3) is 0 Å². The van der Waals surface area contributed by atoms with Gasteiger partial charge < -0.3 is 25.8 Å². The van der Waals surface area contributed by atoms with Gasteiger partial charge in [0.05, 0.1) is 16.6 Å². The van der Waals surface area contributed by atoms with Gasteiger partial charge in [0, 0.05) is 61.6 Å². The molecule has 3 fully saturated rings. The lowest BCUT2D eigenvalue weighted by atomic mass is 9.73. The Hall–Kier alpha value is -4.23. The number of carbonyl (C=O) groups is 1. The Labute approximate surface area is 244 Å².